The average Bonchev–Trinajstić information content (AvgIpc) is 2.76. The van der Waals surface area contributed by atoms with Gasteiger partial charge in [0.1, 0.15) is 5.82 Å². The van der Waals surface area contributed by atoms with Crippen LogP contribution in [0.25, 0.3) is 0 Å². The van der Waals surface area contributed by atoms with Gasteiger partial charge >= 0.3 is 0 Å². The van der Waals surface area contributed by atoms with E-state index in [0.29, 0.717) is 16.5 Å². The summed E-state index contributed by atoms with van der Waals surface area (Å²) < 4.78 is 16.1. The third-order valence-electron chi connectivity index (χ3n) is 2.74. The third kappa shape index (κ3) is 2.77. The number of rotatable bonds is 4. The van der Waals surface area contributed by atoms with Gasteiger partial charge in [0, 0.05) is 25.2 Å². The first kappa shape index (κ1) is 13.2. The molecule has 96 valence electrons. The molecule has 0 aliphatic rings. The molecule has 18 heavy (non-hydrogen) atoms. The van der Waals surface area contributed by atoms with Crippen LogP contribution in [0, 0.1) is 5.82 Å². The van der Waals surface area contributed by atoms with E-state index in [1.54, 1.807) is 22.9 Å². The molecule has 0 amide bonds. The lowest BCUT2D eigenvalue weighted by molar-refractivity contribution is 0.502. The molecule has 1 aromatic heterocycles. The minimum atomic E-state index is -0.308. The highest BCUT2D eigenvalue weighted by Gasteiger charge is 2.17. The van der Waals surface area contributed by atoms with E-state index in [0.717, 1.165) is 5.69 Å². The average molecular weight is 313 g/mol. The number of hydrazine groups is 1. The number of benzene rings is 1. The van der Waals surface area contributed by atoms with Crippen molar-refractivity contribution >= 4 is 15.9 Å². The van der Waals surface area contributed by atoms with Gasteiger partial charge in [-0.05, 0) is 28.1 Å². The van der Waals surface area contributed by atoms with Gasteiger partial charge in [0.05, 0.1) is 16.2 Å². The van der Waals surface area contributed by atoms with Crippen molar-refractivity contribution in [3.05, 3.63) is 52.0 Å². The molecular formula is C12H14BrFN4. The van der Waals surface area contributed by atoms with Crippen LogP contribution in [0.1, 0.15) is 17.3 Å². The number of halogens is 2. The van der Waals surface area contributed by atoms with E-state index < -0.39 is 0 Å². The predicted molar refractivity (Wildman–Crippen MR) is 71.1 cm³/mol. The quantitative estimate of drug-likeness (QED) is 0.671. The maximum atomic E-state index is 14.0. The van der Waals surface area contributed by atoms with Crippen LogP contribution in [0.2, 0.25) is 0 Å². The molecule has 2 aromatic rings. The Morgan fingerprint density at radius 2 is 2.28 bits per heavy atom. The van der Waals surface area contributed by atoms with Crippen LogP contribution < -0.4 is 11.3 Å². The summed E-state index contributed by atoms with van der Waals surface area (Å²) in [6, 6.07) is 6.74. The molecule has 1 unspecified atom stereocenters. The zero-order valence-corrected chi connectivity index (χ0v) is 11.5. The van der Waals surface area contributed by atoms with Crippen LogP contribution >= 0.6 is 15.9 Å². The van der Waals surface area contributed by atoms with Crippen LogP contribution in [0.3, 0.4) is 0 Å². The molecule has 0 aliphatic carbocycles. The predicted octanol–water partition coefficient (Wildman–Crippen LogP) is 2.07. The Kier molecular flexibility index (Phi) is 4.11. The van der Waals surface area contributed by atoms with Gasteiger partial charge in [0.2, 0.25) is 0 Å². The first-order chi connectivity index (χ1) is 8.61. The van der Waals surface area contributed by atoms with Crippen molar-refractivity contribution in [2.75, 3.05) is 0 Å². The fraction of sp³-hybridized carbons (Fsp3) is 0.250. The second-order valence-corrected chi connectivity index (χ2v) is 4.90. The summed E-state index contributed by atoms with van der Waals surface area (Å²) in [5.41, 5.74) is 4.02. The molecule has 0 saturated heterocycles. The van der Waals surface area contributed by atoms with Crippen LogP contribution in [-0.2, 0) is 13.5 Å². The van der Waals surface area contributed by atoms with Crippen molar-refractivity contribution < 1.29 is 4.39 Å². The highest BCUT2D eigenvalue weighted by Crippen LogP contribution is 2.25. The molecule has 0 saturated carbocycles. The molecule has 6 heteroatoms. The Morgan fingerprint density at radius 1 is 1.50 bits per heavy atom. The molecule has 4 nitrogen and oxygen atoms in total. The molecule has 0 bridgehead atoms. The number of hydrogen-bond donors (Lipinski definition) is 2. The standard InChI is InChI=1S/C12H14BrFN4/c1-18-6-5-8(17-18)7-11(16-15)9-3-2-4-10(13)12(9)14/h2-6,11,16H,7,15H2,1H3. The van der Waals surface area contributed by atoms with Crippen LogP contribution in [0.15, 0.2) is 34.9 Å². The second-order valence-electron chi connectivity index (χ2n) is 4.05. The van der Waals surface area contributed by atoms with Gasteiger partial charge in [-0.25, -0.2) is 4.39 Å². The van der Waals surface area contributed by atoms with Crippen LogP contribution in [0.5, 0.6) is 0 Å². The van der Waals surface area contributed by atoms with Gasteiger partial charge in [-0.2, -0.15) is 5.10 Å². The summed E-state index contributed by atoms with van der Waals surface area (Å²) in [5, 5.41) is 4.26. The normalized spacial score (nSPS) is 12.7. The Balaban J connectivity index is 2.25. The third-order valence-corrected chi connectivity index (χ3v) is 3.35. The molecule has 1 atom stereocenters. The van der Waals surface area contributed by atoms with E-state index >= 15 is 0 Å². The van der Waals surface area contributed by atoms with E-state index in [1.165, 1.54) is 0 Å². The highest BCUT2D eigenvalue weighted by molar-refractivity contribution is 9.10. The lowest BCUT2D eigenvalue weighted by atomic mass is 10.0. The Morgan fingerprint density at radius 3 is 2.89 bits per heavy atom. The molecule has 1 aromatic carbocycles. The van der Waals surface area contributed by atoms with Crippen molar-refractivity contribution in [3.8, 4) is 0 Å². The fourth-order valence-electron chi connectivity index (χ4n) is 1.83. The van der Waals surface area contributed by atoms with Gasteiger partial charge in [0.25, 0.3) is 0 Å². The largest absolute Gasteiger partial charge is 0.276 e. The van der Waals surface area contributed by atoms with E-state index in [-0.39, 0.29) is 11.9 Å². The van der Waals surface area contributed by atoms with Gasteiger partial charge in [-0.15, -0.1) is 0 Å². The zero-order valence-electron chi connectivity index (χ0n) is 9.90. The Bertz CT molecular complexity index is 541. The molecule has 1 heterocycles. The van der Waals surface area contributed by atoms with E-state index in [9.17, 15) is 4.39 Å². The first-order valence-corrected chi connectivity index (χ1v) is 6.29. The molecule has 0 fully saturated rings. The maximum Gasteiger partial charge on any atom is 0.142 e. The van der Waals surface area contributed by atoms with Crippen molar-refractivity contribution in [2.24, 2.45) is 12.9 Å². The lowest BCUT2D eigenvalue weighted by Gasteiger charge is -2.16. The monoisotopic (exact) mass is 312 g/mol. The smallest absolute Gasteiger partial charge is 0.142 e. The number of aromatic nitrogens is 2. The maximum absolute atomic E-state index is 14.0. The van der Waals surface area contributed by atoms with Crippen molar-refractivity contribution in [1.29, 1.82) is 0 Å². The first-order valence-electron chi connectivity index (χ1n) is 5.50. The van der Waals surface area contributed by atoms with Gasteiger partial charge < -0.3 is 0 Å². The highest BCUT2D eigenvalue weighted by atomic mass is 79.9. The molecule has 2 rings (SSSR count). The summed E-state index contributed by atoms with van der Waals surface area (Å²) >= 11 is 3.17. The zero-order chi connectivity index (χ0) is 13.1. The van der Waals surface area contributed by atoms with Crippen molar-refractivity contribution in [3.63, 3.8) is 0 Å². The summed E-state index contributed by atoms with van der Waals surface area (Å²) in [4.78, 5) is 0. The van der Waals surface area contributed by atoms with Gasteiger partial charge in [0.15, 0.2) is 0 Å². The van der Waals surface area contributed by atoms with Crippen LogP contribution in [-0.4, -0.2) is 9.78 Å². The summed E-state index contributed by atoms with van der Waals surface area (Å²) in [6.45, 7) is 0. The molecule has 0 radical (unpaired) electrons. The summed E-state index contributed by atoms with van der Waals surface area (Å²) in [5.74, 6) is 5.22. The number of nitrogens with zero attached hydrogens (tertiary/aromatic N) is 2. The fourth-order valence-corrected chi connectivity index (χ4v) is 2.21. The van der Waals surface area contributed by atoms with Crippen LogP contribution in [0.4, 0.5) is 4.39 Å². The summed E-state index contributed by atoms with van der Waals surface area (Å²) in [6.07, 6.45) is 2.38. The number of hydrogen-bond acceptors (Lipinski definition) is 3. The SMILES string of the molecule is Cn1ccc(CC(NN)c2cccc(Br)c2F)n1. The van der Waals surface area contributed by atoms with Gasteiger partial charge in [-0.1, -0.05) is 12.1 Å². The molecule has 0 aliphatic heterocycles. The minimum absolute atomic E-state index is 0.295. The van der Waals surface area contributed by atoms with E-state index in [2.05, 4.69) is 26.5 Å². The lowest BCUT2D eigenvalue weighted by Crippen LogP contribution is -2.30. The number of nitrogens with one attached hydrogen (secondary N) is 1. The topological polar surface area (TPSA) is 55.9 Å². The summed E-state index contributed by atoms with van der Waals surface area (Å²) in [7, 11) is 1.84. The molecule has 0 spiro atoms. The minimum Gasteiger partial charge on any atom is -0.276 e. The van der Waals surface area contributed by atoms with Gasteiger partial charge in [-0.3, -0.25) is 16.0 Å². The Hall–Kier alpha value is -1.24. The van der Waals surface area contributed by atoms with E-state index in [1.807, 2.05) is 19.3 Å². The van der Waals surface area contributed by atoms with Crippen molar-refractivity contribution in [1.82, 2.24) is 15.2 Å². The molecular weight excluding hydrogens is 299 g/mol. The second kappa shape index (κ2) is 5.60. The number of aryl methyl sites for hydroxylation is 1. The Labute approximate surface area is 113 Å². The molecule has 3 N–H and O–H groups in total. The van der Waals surface area contributed by atoms with E-state index in [4.69, 9.17) is 5.84 Å². The number of nitrogens with two attached hydrogens (primary N) is 1. The van der Waals surface area contributed by atoms with Crippen molar-refractivity contribution in [2.45, 2.75) is 12.5 Å².